The fourth-order valence-corrected chi connectivity index (χ4v) is 1.88. The Balaban J connectivity index is 2.99. The fraction of sp³-hybridized carbons (Fsp3) is 0.308. The van der Waals surface area contributed by atoms with Crippen molar-refractivity contribution in [3.05, 3.63) is 41.5 Å². The van der Waals surface area contributed by atoms with Gasteiger partial charge in [-0.15, -0.1) is 23.2 Å². The minimum Gasteiger partial charge on any atom is -0.197 e. The SMILES string of the molecule is N#CC(Cl)C/C(=C\CCl)c1ccc(C(F)(F)F)cc1. The van der Waals surface area contributed by atoms with Gasteiger partial charge >= 0.3 is 6.18 Å². The molecule has 0 saturated carbocycles. The van der Waals surface area contributed by atoms with E-state index in [2.05, 4.69) is 0 Å². The quantitative estimate of drug-likeness (QED) is 0.730. The summed E-state index contributed by atoms with van der Waals surface area (Å²) < 4.78 is 37.3. The smallest absolute Gasteiger partial charge is 0.197 e. The van der Waals surface area contributed by atoms with Crippen LogP contribution in [0.25, 0.3) is 5.57 Å². The van der Waals surface area contributed by atoms with Crippen molar-refractivity contribution < 1.29 is 13.2 Å². The number of rotatable bonds is 4. The molecule has 0 aliphatic rings. The van der Waals surface area contributed by atoms with Crippen LogP contribution in [-0.4, -0.2) is 11.3 Å². The van der Waals surface area contributed by atoms with E-state index in [0.29, 0.717) is 11.1 Å². The molecule has 0 amide bonds. The first-order valence-electron chi connectivity index (χ1n) is 5.34. The number of nitrogens with zero attached hydrogens (tertiary/aromatic N) is 1. The molecule has 0 N–H and O–H groups in total. The highest BCUT2D eigenvalue weighted by Gasteiger charge is 2.30. The summed E-state index contributed by atoms with van der Waals surface area (Å²) in [6.07, 6.45) is -2.50. The molecule has 6 heteroatoms. The first-order chi connectivity index (χ1) is 8.88. The van der Waals surface area contributed by atoms with Crippen LogP contribution in [0.5, 0.6) is 0 Å². The minimum atomic E-state index is -4.36. The molecule has 0 heterocycles. The third kappa shape index (κ3) is 4.77. The average molecular weight is 308 g/mol. The first-order valence-corrected chi connectivity index (χ1v) is 6.32. The van der Waals surface area contributed by atoms with Crippen molar-refractivity contribution in [2.24, 2.45) is 0 Å². The monoisotopic (exact) mass is 307 g/mol. The van der Waals surface area contributed by atoms with Crippen LogP contribution in [0.1, 0.15) is 17.5 Å². The molecule has 0 fully saturated rings. The molecule has 1 rings (SSSR count). The highest BCUT2D eigenvalue weighted by molar-refractivity contribution is 6.23. The predicted octanol–water partition coefficient (Wildman–Crippen LogP) is 4.85. The summed E-state index contributed by atoms with van der Waals surface area (Å²) in [4.78, 5) is 0. The van der Waals surface area contributed by atoms with Crippen molar-refractivity contribution in [3.63, 3.8) is 0 Å². The zero-order valence-corrected chi connectivity index (χ0v) is 11.2. The average Bonchev–Trinajstić information content (AvgIpc) is 2.37. The normalized spacial score (nSPS) is 14.0. The maximum Gasteiger partial charge on any atom is 0.416 e. The van der Waals surface area contributed by atoms with E-state index in [9.17, 15) is 13.2 Å². The van der Waals surface area contributed by atoms with Crippen LogP contribution in [0.4, 0.5) is 13.2 Å². The molecule has 0 aliphatic heterocycles. The molecule has 0 spiro atoms. The number of benzene rings is 1. The van der Waals surface area contributed by atoms with Gasteiger partial charge in [-0.1, -0.05) is 18.2 Å². The molecule has 1 aromatic carbocycles. The van der Waals surface area contributed by atoms with Crippen LogP contribution >= 0.6 is 23.2 Å². The van der Waals surface area contributed by atoms with Gasteiger partial charge in [0.15, 0.2) is 0 Å². The first kappa shape index (κ1) is 15.9. The topological polar surface area (TPSA) is 23.8 Å². The Hall–Kier alpha value is -1.18. The molecule has 0 radical (unpaired) electrons. The van der Waals surface area contributed by atoms with Gasteiger partial charge in [-0.3, -0.25) is 0 Å². The van der Waals surface area contributed by atoms with Crippen LogP contribution < -0.4 is 0 Å². The lowest BCUT2D eigenvalue weighted by Crippen LogP contribution is -2.05. The van der Waals surface area contributed by atoms with Crippen molar-refractivity contribution in [2.45, 2.75) is 18.0 Å². The van der Waals surface area contributed by atoms with Gasteiger partial charge in [0.2, 0.25) is 0 Å². The summed E-state index contributed by atoms with van der Waals surface area (Å²) in [5.74, 6) is 0.200. The molecule has 102 valence electrons. The lowest BCUT2D eigenvalue weighted by molar-refractivity contribution is -0.137. The predicted molar refractivity (Wildman–Crippen MR) is 70.0 cm³/mol. The van der Waals surface area contributed by atoms with Crippen molar-refractivity contribution in [1.29, 1.82) is 5.26 Å². The van der Waals surface area contributed by atoms with Gasteiger partial charge in [-0.25, -0.2) is 0 Å². The molecule has 19 heavy (non-hydrogen) atoms. The second-order valence-electron chi connectivity index (χ2n) is 3.76. The largest absolute Gasteiger partial charge is 0.416 e. The third-order valence-electron chi connectivity index (χ3n) is 2.45. The second kappa shape index (κ2) is 6.83. The van der Waals surface area contributed by atoms with Crippen LogP contribution in [0.2, 0.25) is 0 Å². The maximum absolute atomic E-state index is 12.4. The van der Waals surface area contributed by atoms with E-state index in [1.54, 1.807) is 6.08 Å². The Kier molecular flexibility index (Phi) is 5.71. The Morgan fingerprint density at radius 3 is 2.32 bits per heavy atom. The zero-order chi connectivity index (χ0) is 14.5. The summed E-state index contributed by atoms with van der Waals surface area (Å²) >= 11 is 11.3. The number of hydrogen-bond donors (Lipinski definition) is 0. The number of alkyl halides is 5. The van der Waals surface area contributed by atoms with Crippen molar-refractivity contribution >= 4 is 28.8 Å². The standard InChI is InChI=1S/C13H10Cl2F3N/c14-6-5-10(7-12(15)8-19)9-1-3-11(4-2-9)13(16,17)18/h1-5,12H,6-7H2/b10-5+. The van der Waals surface area contributed by atoms with E-state index in [1.165, 1.54) is 12.1 Å². The van der Waals surface area contributed by atoms with Crippen LogP contribution in [0, 0.1) is 11.3 Å². The second-order valence-corrected chi connectivity index (χ2v) is 4.59. The zero-order valence-electron chi connectivity index (χ0n) is 9.72. The molecule has 1 aromatic rings. The molecule has 0 bridgehead atoms. The summed E-state index contributed by atoms with van der Waals surface area (Å²) in [5, 5.41) is 7.92. The van der Waals surface area contributed by atoms with Crippen molar-refractivity contribution in [3.8, 4) is 6.07 Å². The molecule has 0 aliphatic carbocycles. The molecule has 1 nitrogen and oxygen atoms in total. The Morgan fingerprint density at radius 2 is 1.89 bits per heavy atom. The summed E-state index contributed by atoms with van der Waals surface area (Å²) in [6.45, 7) is 0. The fourth-order valence-electron chi connectivity index (χ4n) is 1.52. The van der Waals surface area contributed by atoms with Gasteiger partial charge in [0, 0.05) is 12.3 Å². The van der Waals surface area contributed by atoms with Gasteiger partial charge in [-0.2, -0.15) is 18.4 Å². The van der Waals surface area contributed by atoms with E-state index in [1.807, 2.05) is 6.07 Å². The van der Waals surface area contributed by atoms with Gasteiger partial charge in [-0.05, 0) is 23.3 Å². The van der Waals surface area contributed by atoms with E-state index in [-0.39, 0.29) is 12.3 Å². The third-order valence-corrected chi connectivity index (χ3v) is 2.85. The van der Waals surface area contributed by atoms with Gasteiger partial charge < -0.3 is 0 Å². The van der Waals surface area contributed by atoms with Gasteiger partial charge in [0.05, 0.1) is 11.6 Å². The van der Waals surface area contributed by atoms with E-state index >= 15 is 0 Å². The van der Waals surface area contributed by atoms with Crippen LogP contribution in [0.15, 0.2) is 30.3 Å². The van der Waals surface area contributed by atoms with E-state index in [4.69, 9.17) is 28.5 Å². The lowest BCUT2D eigenvalue weighted by Gasteiger charge is -2.11. The van der Waals surface area contributed by atoms with E-state index in [0.717, 1.165) is 12.1 Å². The van der Waals surface area contributed by atoms with Gasteiger partial charge in [0.25, 0.3) is 0 Å². The summed E-state index contributed by atoms with van der Waals surface area (Å²) in [6, 6.07) is 6.55. The summed E-state index contributed by atoms with van der Waals surface area (Å²) in [7, 11) is 0. The number of hydrogen-bond acceptors (Lipinski definition) is 1. The number of halogens is 5. The van der Waals surface area contributed by atoms with E-state index < -0.39 is 17.1 Å². The minimum absolute atomic E-state index is 0.200. The molecule has 0 saturated heterocycles. The van der Waals surface area contributed by atoms with Gasteiger partial charge in [0.1, 0.15) is 5.38 Å². The number of allylic oxidation sites excluding steroid dienone is 2. The molecular weight excluding hydrogens is 298 g/mol. The number of nitriles is 1. The Morgan fingerprint density at radius 1 is 1.32 bits per heavy atom. The summed E-state index contributed by atoms with van der Waals surface area (Å²) in [5.41, 5.74) is 0.518. The van der Waals surface area contributed by atoms with Crippen molar-refractivity contribution in [2.75, 3.05) is 5.88 Å². The lowest BCUT2D eigenvalue weighted by atomic mass is 9.99. The molecule has 1 atom stereocenters. The Bertz CT molecular complexity index is 486. The molecular formula is C13H10Cl2F3N. The maximum atomic E-state index is 12.4. The Labute approximate surface area is 119 Å². The highest BCUT2D eigenvalue weighted by atomic mass is 35.5. The van der Waals surface area contributed by atoms with Crippen molar-refractivity contribution in [1.82, 2.24) is 0 Å². The van der Waals surface area contributed by atoms with Crippen LogP contribution in [-0.2, 0) is 6.18 Å². The molecule has 0 aromatic heterocycles. The van der Waals surface area contributed by atoms with Crippen LogP contribution in [0.3, 0.4) is 0 Å². The highest BCUT2D eigenvalue weighted by Crippen LogP contribution is 2.31. The molecule has 1 unspecified atom stereocenters.